The van der Waals surface area contributed by atoms with Crippen molar-refractivity contribution in [1.82, 2.24) is 14.6 Å². The van der Waals surface area contributed by atoms with Crippen LogP contribution in [0.4, 0.5) is 11.5 Å². The highest BCUT2D eigenvalue weighted by atomic mass is 16.2. The highest BCUT2D eigenvalue weighted by Crippen LogP contribution is 2.33. The minimum Gasteiger partial charge on any atom is -0.383 e. The van der Waals surface area contributed by atoms with Crippen LogP contribution in [-0.2, 0) is 11.2 Å². The molecule has 0 spiro atoms. The molecule has 0 atom stereocenters. The predicted octanol–water partition coefficient (Wildman–Crippen LogP) is 2.28. The number of nitrogens with zero attached hydrogens (tertiary/aromatic N) is 4. The van der Waals surface area contributed by atoms with Gasteiger partial charge in [0.1, 0.15) is 5.82 Å². The number of nitrogen functional groups attached to an aromatic ring is 1. The first-order valence-electron chi connectivity index (χ1n) is 7.71. The fourth-order valence-corrected chi connectivity index (χ4v) is 3.19. The van der Waals surface area contributed by atoms with Crippen LogP contribution >= 0.6 is 0 Å². The van der Waals surface area contributed by atoms with E-state index in [2.05, 4.69) is 16.1 Å². The zero-order valence-corrected chi connectivity index (χ0v) is 12.9. The number of hydrogen-bond acceptors (Lipinski definition) is 4. The number of carbonyl (C=O) groups excluding carboxylic acids is 1. The summed E-state index contributed by atoms with van der Waals surface area (Å²) in [6.45, 7) is 2.68. The van der Waals surface area contributed by atoms with Gasteiger partial charge < -0.3 is 10.6 Å². The summed E-state index contributed by atoms with van der Waals surface area (Å²) in [5, 5.41) is 4.20. The molecule has 6 nitrogen and oxygen atoms in total. The SMILES string of the molecule is CCN1C(=O)CCc2cc(-c3cnc4ccnn4c3N)ccc21. The van der Waals surface area contributed by atoms with Crippen LogP contribution < -0.4 is 10.6 Å². The van der Waals surface area contributed by atoms with Crippen molar-refractivity contribution in [3.63, 3.8) is 0 Å². The van der Waals surface area contributed by atoms with E-state index in [1.807, 2.05) is 30.0 Å². The van der Waals surface area contributed by atoms with Gasteiger partial charge in [0.2, 0.25) is 5.91 Å². The molecule has 3 heterocycles. The zero-order chi connectivity index (χ0) is 16.0. The smallest absolute Gasteiger partial charge is 0.227 e. The van der Waals surface area contributed by atoms with Crippen LogP contribution in [0, 0.1) is 0 Å². The van der Waals surface area contributed by atoms with Gasteiger partial charge >= 0.3 is 0 Å². The van der Waals surface area contributed by atoms with E-state index in [0.717, 1.165) is 28.9 Å². The molecular formula is C17H17N5O. The molecule has 2 N–H and O–H groups in total. The van der Waals surface area contributed by atoms with Crippen LogP contribution in [0.1, 0.15) is 18.9 Å². The van der Waals surface area contributed by atoms with Crippen molar-refractivity contribution in [3.8, 4) is 11.1 Å². The van der Waals surface area contributed by atoms with Crippen LogP contribution in [-0.4, -0.2) is 27.0 Å². The van der Waals surface area contributed by atoms with Crippen molar-refractivity contribution in [3.05, 3.63) is 42.2 Å². The minimum absolute atomic E-state index is 0.187. The minimum atomic E-state index is 0.187. The molecule has 4 rings (SSSR count). The molecule has 0 bridgehead atoms. The topological polar surface area (TPSA) is 76.5 Å². The first kappa shape index (κ1) is 13.8. The lowest BCUT2D eigenvalue weighted by atomic mass is 9.96. The third-order valence-electron chi connectivity index (χ3n) is 4.36. The van der Waals surface area contributed by atoms with Gasteiger partial charge in [-0.2, -0.15) is 9.61 Å². The largest absolute Gasteiger partial charge is 0.383 e. The van der Waals surface area contributed by atoms with Crippen molar-refractivity contribution in [1.29, 1.82) is 0 Å². The number of hydrogen-bond donors (Lipinski definition) is 1. The second-order valence-corrected chi connectivity index (χ2v) is 5.64. The Kier molecular flexibility index (Phi) is 3.04. The second-order valence-electron chi connectivity index (χ2n) is 5.64. The lowest BCUT2D eigenvalue weighted by Gasteiger charge is -2.28. The number of nitrogens with two attached hydrogens (primary N) is 1. The molecule has 0 unspecified atom stereocenters. The third-order valence-corrected chi connectivity index (χ3v) is 4.36. The third kappa shape index (κ3) is 2.06. The molecule has 116 valence electrons. The average molecular weight is 307 g/mol. The lowest BCUT2D eigenvalue weighted by Crippen LogP contribution is -2.34. The lowest BCUT2D eigenvalue weighted by molar-refractivity contribution is -0.118. The fourth-order valence-electron chi connectivity index (χ4n) is 3.19. The molecular weight excluding hydrogens is 290 g/mol. The van der Waals surface area contributed by atoms with Gasteiger partial charge in [0.05, 0.1) is 6.20 Å². The summed E-state index contributed by atoms with van der Waals surface area (Å²) in [6, 6.07) is 7.91. The maximum Gasteiger partial charge on any atom is 0.227 e. The molecule has 1 aliphatic rings. The van der Waals surface area contributed by atoms with Gasteiger partial charge in [-0.3, -0.25) is 4.79 Å². The van der Waals surface area contributed by atoms with E-state index in [1.165, 1.54) is 5.56 Å². The van der Waals surface area contributed by atoms with Gasteiger partial charge in [-0.05, 0) is 36.6 Å². The number of amides is 1. The Morgan fingerprint density at radius 2 is 2.13 bits per heavy atom. The average Bonchev–Trinajstić information content (AvgIpc) is 3.04. The summed E-state index contributed by atoms with van der Waals surface area (Å²) < 4.78 is 1.64. The molecule has 0 saturated carbocycles. The van der Waals surface area contributed by atoms with Gasteiger partial charge in [-0.1, -0.05) is 6.07 Å². The van der Waals surface area contributed by atoms with Crippen LogP contribution in [0.5, 0.6) is 0 Å². The normalized spacial score (nSPS) is 14.3. The number of aryl methyl sites for hydroxylation is 1. The van der Waals surface area contributed by atoms with E-state index in [1.54, 1.807) is 16.9 Å². The molecule has 0 aliphatic carbocycles. The predicted molar refractivity (Wildman–Crippen MR) is 89.2 cm³/mol. The summed E-state index contributed by atoms with van der Waals surface area (Å²) in [6.07, 6.45) is 4.77. The quantitative estimate of drug-likeness (QED) is 0.788. The van der Waals surface area contributed by atoms with E-state index >= 15 is 0 Å². The van der Waals surface area contributed by atoms with Gasteiger partial charge in [0.25, 0.3) is 0 Å². The van der Waals surface area contributed by atoms with Crippen LogP contribution in [0.3, 0.4) is 0 Å². The maximum absolute atomic E-state index is 12.0. The zero-order valence-electron chi connectivity index (χ0n) is 12.9. The number of rotatable bonds is 2. The Labute approximate surface area is 133 Å². The van der Waals surface area contributed by atoms with E-state index in [-0.39, 0.29) is 5.91 Å². The van der Waals surface area contributed by atoms with Gasteiger partial charge in [-0.25, -0.2) is 4.98 Å². The Hall–Kier alpha value is -2.89. The number of benzene rings is 1. The van der Waals surface area contributed by atoms with Crippen molar-refractivity contribution in [2.45, 2.75) is 19.8 Å². The highest BCUT2D eigenvalue weighted by Gasteiger charge is 2.23. The summed E-state index contributed by atoms with van der Waals surface area (Å²) in [5.41, 5.74) is 11.0. The maximum atomic E-state index is 12.0. The summed E-state index contributed by atoms with van der Waals surface area (Å²) >= 11 is 0. The van der Waals surface area contributed by atoms with Gasteiger partial charge in [-0.15, -0.1) is 0 Å². The summed E-state index contributed by atoms with van der Waals surface area (Å²) in [5.74, 6) is 0.756. The Bertz CT molecular complexity index is 914. The van der Waals surface area contributed by atoms with E-state index < -0.39 is 0 Å². The number of aromatic nitrogens is 3. The Morgan fingerprint density at radius 3 is 2.96 bits per heavy atom. The Balaban J connectivity index is 1.84. The molecule has 1 amide bonds. The number of carbonyl (C=O) groups is 1. The summed E-state index contributed by atoms with van der Waals surface area (Å²) in [4.78, 5) is 18.2. The molecule has 0 saturated heterocycles. The standard InChI is InChI=1S/C17H17N5O/c1-2-21-14-5-3-11(9-12(14)4-6-16(21)23)13-10-19-15-7-8-20-22(15)17(13)18/h3,5,7-10H,2,4,6,18H2,1H3. The molecule has 1 aliphatic heterocycles. The number of fused-ring (bicyclic) bond motifs is 2. The van der Waals surface area contributed by atoms with E-state index in [9.17, 15) is 4.79 Å². The van der Waals surface area contributed by atoms with Crippen LogP contribution in [0.2, 0.25) is 0 Å². The van der Waals surface area contributed by atoms with Crippen LogP contribution in [0.25, 0.3) is 16.8 Å². The van der Waals surface area contributed by atoms with Gasteiger partial charge in [0, 0.05) is 36.5 Å². The molecule has 3 aromatic rings. The molecule has 0 fully saturated rings. The number of anilines is 2. The van der Waals surface area contributed by atoms with E-state index in [4.69, 9.17) is 5.73 Å². The molecule has 23 heavy (non-hydrogen) atoms. The summed E-state index contributed by atoms with van der Waals surface area (Å²) in [7, 11) is 0. The fraction of sp³-hybridized carbons (Fsp3) is 0.235. The molecule has 0 radical (unpaired) electrons. The second kappa shape index (κ2) is 5.08. The van der Waals surface area contributed by atoms with Gasteiger partial charge in [0.15, 0.2) is 5.65 Å². The van der Waals surface area contributed by atoms with Crippen LogP contribution in [0.15, 0.2) is 36.7 Å². The monoisotopic (exact) mass is 307 g/mol. The first-order valence-corrected chi connectivity index (χ1v) is 7.71. The Morgan fingerprint density at radius 1 is 1.26 bits per heavy atom. The van der Waals surface area contributed by atoms with Crippen molar-refractivity contribution in [2.75, 3.05) is 17.2 Å². The van der Waals surface area contributed by atoms with E-state index in [0.29, 0.717) is 18.8 Å². The first-order chi connectivity index (χ1) is 11.2. The molecule has 1 aromatic carbocycles. The molecule has 6 heteroatoms. The molecule has 2 aromatic heterocycles. The highest BCUT2D eigenvalue weighted by molar-refractivity contribution is 5.97. The van der Waals surface area contributed by atoms with Crippen molar-refractivity contribution >= 4 is 23.1 Å². The van der Waals surface area contributed by atoms with Crippen molar-refractivity contribution < 1.29 is 4.79 Å². The van der Waals surface area contributed by atoms with Crippen molar-refractivity contribution in [2.24, 2.45) is 0 Å².